The van der Waals surface area contributed by atoms with Gasteiger partial charge in [-0.3, -0.25) is 4.79 Å². The molecule has 2 saturated heterocycles. The van der Waals surface area contributed by atoms with Crippen LogP contribution in [0, 0.1) is 5.82 Å². The summed E-state index contributed by atoms with van der Waals surface area (Å²) in [7, 11) is 0. The number of benzene rings is 2. The molecule has 2 amide bonds. The number of nitrogens with zero attached hydrogens (tertiary/aromatic N) is 4. The van der Waals surface area contributed by atoms with Crippen molar-refractivity contribution < 1.29 is 23.5 Å². The fourth-order valence-corrected chi connectivity index (χ4v) is 6.50. The molecule has 3 heterocycles. The second kappa shape index (κ2) is 11.2. The lowest BCUT2D eigenvalue weighted by Crippen LogP contribution is -2.58. The van der Waals surface area contributed by atoms with Crippen LogP contribution in [-0.2, 0) is 15.9 Å². The van der Waals surface area contributed by atoms with E-state index in [2.05, 4.69) is 4.57 Å². The minimum Gasteiger partial charge on any atom is -0.444 e. The lowest BCUT2D eigenvalue weighted by molar-refractivity contribution is 0.00429. The third-order valence-corrected chi connectivity index (χ3v) is 8.59. The van der Waals surface area contributed by atoms with Crippen LogP contribution in [0.25, 0.3) is 11.3 Å². The first kappa shape index (κ1) is 28.4. The van der Waals surface area contributed by atoms with Crippen molar-refractivity contribution in [1.29, 1.82) is 0 Å². The fraction of sp³-hybridized carbons (Fsp3) is 0.485. The number of halogens is 1. The molecule has 2 aromatic carbocycles. The zero-order valence-electron chi connectivity index (χ0n) is 24.6. The zero-order chi connectivity index (χ0) is 29.5. The average molecular weight is 575 g/mol. The Morgan fingerprint density at radius 3 is 2.60 bits per heavy atom. The summed E-state index contributed by atoms with van der Waals surface area (Å²) in [6.45, 7) is 7.25. The van der Waals surface area contributed by atoms with Gasteiger partial charge in [-0.2, -0.15) is 0 Å². The number of epoxide rings is 1. The van der Waals surface area contributed by atoms with Crippen molar-refractivity contribution in [2.24, 2.45) is 0 Å². The van der Waals surface area contributed by atoms with E-state index >= 15 is 0 Å². The summed E-state index contributed by atoms with van der Waals surface area (Å²) in [5.74, 6) is -0.591. The Bertz CT molecular complexity index is 1450. The summed E-state index contributed by atoms with van der Waals surface area (Å²) in [6, 6.07) is 16.1. The molecule has 3 aliphatic rings. The van der Waals surface area contributed by atoms with E-state index in [1.54, 1.807) is 17.3 Å². The molecule has 1 aliphatic carbocycles. The number of piperazine rings is 1. The Balaban J connectivity index is 1.35. The van der Waals surface area contributed by atoms with Gasteiger partial charge in [0.05, 0.1) is 30.7 Å². The molecule has 0 N–H and O–H groups in total. The summed E-state index contributed by atoms with van der Waals surface area (Å²) in [5, 5.41) is 0. The first-order valence-corrected chi connectivity index (χ1v) is 14.9. The van der Waals surface area contributed by atoms with E-state index in [9.17, 15) is 14.0 Å². The van der Waals surface area contributed by atoms with Gasteiger partial charge in [0, 0.05) is 25.2 Å². The van der Waals surface area contributed by atoms with E-state index in [0.29, 0.717) is 49.6 Å². The van der Waals surface area contributed by atoms with Crippen LogP contribution in [0.5, 0.6) is 0 Å². The van der Waals surface area contributed by atoms with Crippen LogP contribution in [0.1, 0.15) is 68.5 Å². The number of hydrogen-bond acceptors (Lipinski definition) is 5. The summed E-state index contributed by atoms with van der Waals surface area (Å²) < 4.78 is 28.2. The summed E-state index contributed by atoms with van der Waals surface area (Å²) in [4.78, 5) is 35.7. The van der Waals surface area contributed by atoms with Crippen molar-refractivity contribution in [3.05, 3.63) is 78.0 Å². The van der Waals surface area contributed by atoms with Crippen molar-refractivity contribution in [3.63, 3.8) is 0 Å². The van der Waals surface area contributed by atoms with E-state index in [0.717, 1.165) is 31.2 Å². The van der Waals surface area contributed by atoms with Gasteiger partial charge >= 0.3 is 6.09 Å². The Kier molecular flexibility index (Phi) is 7.55. The van der Waals surface area contributed by atoms with Gasteiger partial charge in [-0.15, -0.1) is 0 Å². The average Bonchev–Trinajstić information content (AvgIpc) is 3.58. The van der Waals surface area contributed by atoms with Crippen LogP contribution in [0.15, 0.2) is 60.9 Å². The highest BCUT2D eigenvalue weighted by Gasteiger charge is 2.54. The van der Waals surface area contributed by atoms with Crippen molar-refractivity contribution >= 4 is 12.0 Å². The predicted molar refractivity (Wildman–Crippen MR) is 157 cm³/mol. The van der Waals surface area contributed by atoms with E-state index in [-0.39, 0.29) is 35.5 Å². The number of carbonyl (C=O) groups excluding carboxylic acids is 2. The molecule has 1 aromatic heterocycles. The number of amides is 2. The normalized spacial score (nSPS) is 24.1. The van der Waals surface area contributed by atoms with Gasteiger partial charge < -0.3 is 23.8 Å². The number of rotatable bonds is 5. The second-order valence-electron chi connectivity index (χ2n) is 12.7. The highest BCUT2D eigenvalue weighted by atomic mass is 19.1. The molecule has 2 aliphatic heterocycles. The van der Waals surface area contributed by atoms with Crippen LogP contribution in [0.3, 0.4) is 0 Å². The van der Waals surface area contributed by atoms with E-state index in [1.807, 2.05) is 62.1 Å². The number of hydrogen-bond donors (Lipinski definition) is 0. The molecule has 42 heavy (non-hydrogen) atoms. The maximum atomic E-state index is 14.5. The first-order chi connectivity index (χ1) is 20.1. The van der Waals surface area contributed by atoms with E-state index in [1.165, 1.54) is 12.1 Å². The van der Waals surface area contributed by atoms with Crippen LogP contribution in [0.2, 0.25) is 0 Å². The third kappa shape index (κ3) is 5.79. The van der Waals surface area contributed by atoms with Gasteiger partial charge in [0.15, 0.2) is 5.69 Å². The molecule has 0 radical (unpaired) electrons. The molecule has 3 aromatic rings. The Labute approximate surface area is 246 Å². The largest absolute Gasteiger partial charge is 0.444 e. The number of ether oxygens (including phenoxy) is 2. The molecule has 222 valence electrons. The molecular formula is C33H39FN4O4. The molecule has 1 saturated carbocycles. The van der Waals surface area contributed by atoms with Crippen LogP contribution in [0.4, 0.5) is 9.18 Å². The highest BCUT2D eigenvalue weighted by molar-refractivity contribution is 5.98. The van der Waals surface area contributed by atoms with Crippen molar-refractivity contribution in [2.75, 3.05) is 26.2 Å². The Morgan fingerprint density at radius 2 is 1.88 bits per heavy atom. The van der Waals surface area contributed by atoms with Gasteiger partial charge in [-0.05, 0) is 57.7 Å². The maximum Gasteiger partial charge on any atom is 0.410 e. The molecule has 0 bridgehead atoms. The van der Waals surface area contributed by atoms with Gasteiger partial charge in [-0.1, -0.05) is 55.3 Å². The molecule has 6 rings (SSSR count). The quantitative estimate of drug-likeness (QED) is 0.356. The van der Waals surface area contributed by atoms with Gasteiger partial charge in [0.1, 0.15) is 17.0 Å². The molecule has 0 unspecified atom stereocenters. The van der Waals surface area contributed by atoms with Crippen molar-refractivity contribution in [2.45, 2.75) is 76.2 Å². The minimum atomic E-state index is -0.618. The molecule has 1 spiro atoms. The highest BCUT2D eigenvalue weighted by Crippen LogP contribution is 2.50. The lowest BCUT2D eigenvalue weighted by Gasteiger charge is -2.41. The van der Waals surface area contributed by atoms with E-state index in [4.69, 9.17) is 14.5 Å². The Hall–Kier alpha value is -3.72. The monoisotopic (exact) mass is 574 g/mol. The number of aromatic nitrogens is 2. The predicted octanol–water partition coefficient (Wildman–Crippen LogP) is 5.88. The topological polar surface area (TPSA) is 80.2 Å². The van der Waals surface area contributed by atoms with E-state index < -0.39 is 5.60 Å². The van der Waals surface area contributed by atoms with Crippen LogP contribution < -0.4 is 0 Å². The van der Waals surface area contributed by atoms with Gasteiger partial charge in [-0.25, -0.2) is 14.2 Å². The fourth-order valence-electron chi connectivity index (χ4n) is 6.50. The maximum absolute atomic E-state index is 14.5. The smallest absolute Gasteiger partial charge is 0.410 e. The second-order valence-corrected chi connectivity index (χ2v) is 12.7. The summed E-state index contributed by atoms with van der Waals surface area (Å²) in [6.07, 6.45) is 5.97. The molecule has 3 atom stereocenters. The van der Waals surface area contributed by atoms with Gasteiger partial charge in [0.2, 0.25) is 0 Å². The molecule has 9 heteroatoms. The SMILES string of the molecule is CC(C)(C)OC(=O)N1CCN(C(=O)c2ncn([C@H]3CCCC[C@]34CO4)c2-c2cccc(F)c2)[C@H](Cc2ccccc2)C1. The van der Waals surface area contributed by atoms with Gasteiger partial charge in [0.25, 0.3) is 5.91 Å². The minimum absolute atomic E-state index is 0.0303. The summed E-state index contributed by atoms with van der Waals surface area (Å²) in [5.41, 5.74) is 1.74. The standard InChI is InChI=1S/C33H39FN4O4/c1-32(2,3)42-31(40)36-16-17-37(26(20-36)18-23-10-5-4-6-11-23)30(39)28-29(24-12-9-13-25(34)19-24)38(22-35-28)27-14-7-8-15-33(27)21-41-33/h4-6,9-13,19,22,26-27H,7-8,14-18,20-21H2,1-3H3/t26-,27+,33+/m1/s1. The van der Waals surface area contributed by atoms with Crippen molar-refractivity contribution in [1.82, 2.24) is 19.4 Å². The Morgan fingerprint density at radius 1 is 1.10 bits per heavy atom. The van der Waals surface area contributed by atoms with Crippen molar-refractivity contribution in [3.8, 4) is 11.3 Å². The number of imidazole rings is 1. The zero-order valence-corrected chi connectivity index (χ0v) is 24.6. The molecule has 3 fully saturated rings. The van der Waals surface area contributed by atoms with Crippen LogP contribution in [-0.4, -0.2) is 74.8 Å². The molecule has 8 nitrogen and oxygen atoms in total. The number of carbonyl (C=O) groups is 2. The first-order valence-electron chi connectivity index (χ1n) is 14.9. The van der Waals surface area contributed by atoms with Crippen LogP contribution >= 0.6 is 0 Å². The summed E-state index contributed by atoms with van der Waals surface area (Å²) >= 11 is 0. The third-order valence-electron chi connectivity index (χ3n) is 8.59. The molecular weight excluding hydrogens is 535 g/mol. The lowest BCUT2D eigenvalue weighted by atomic mass is 9.84.